The maximum absolute atomic E-state index is 12.6. The molecule has 29 heavy (non-hydrogen) atoms. The highest BCUT2D eigenvalue weighted by atomic mass is 19.3. The van der Waals surface area contributed by atoms with Crippen molar-refractivity contribution in [3.05, 3.63) is 23.8 Å². The fourth-order valence-corrected chi connectivity index (χ4v) is 4.98. The summed E-state index contributed by atoms with van der Waals surface area (Å²) >= 11 is 0. The van der Waals surface area contributed by atoms with Crippen LogP contribution in [0.25, 0.3) is 0 Å². The lowest BCUT2D eigenvalue weighted by atomic mass is 9.65. The minimum absolute atomic E-state index is 0.0627. The van der Waals surface area contributed by atoms with Crippen molar-refractivity contribution in [1.82, 2.24) is 4.90 Å². The molecule has 6 nitrogen and oxygen atoms in total. The van der Waals surface area contributed by atoms with Crippen molar-refractivity contribution >= 4 is 12.1 Å². The first-order valence-electron chi connectivity index (χ1n) is 9.68. The molecule has 0 N–H and O–H groups in total. The molecule has 2 atom stereocenters. The number of carbonyl (C=O) groups is 1. The Kier molecular flexibility index (Phi) is 6.00. The Bertz CT molecular complexity index is 784. The number of amides is 1. The molecule has 1 heterocycles. The predicted octanol–water partition coefficient (Wildman–Crippen LogP) is 4.07. The maximum Gasteiger partial charge on any atom is 0.387 e. The van der Waals surface area contributed by atoms with Gasteiger partial charge in [0.2, 0.25) is 0 Å². The van der Waals surface area contributed by atoms with Gasteiger partial charge in [0.15, 0.2) is 18.1 Å². The van der Waals surface area contributed by atoms with E-state index in [9.17, 15) is 13.6 Å². The van der Waals surface area contributed by atoms with Crippen LogP contribution in [0.15, 0.2) is 23.4 Å². The van der Waals surface area contributed by atoms with Crippen molar-refractivity contribution in [2.75, 3.05) is 20.3 Å². The third kappa shape index (κ3) is 5.16. The lowest BCUT2D eigenvalue weighted by Gasteiger charge is -2.39. The zero-order valence-corrected chi connectivity index (χ0v) is 17.3. The first kappa shape index (κ1) is 21.3. The van der Waals surface area contributed by atoms with E-state index in [1.807, 2.05) is 4.90 Å². The van der Waals surface area contributed by atoms with Crippen LogP contribution in [0.2, 0.25) is 0 Å². The first-order valence-corrected chi connectivity index (χ1v) is 9.68. The number of nitrogens with zero attached hydrogens (tertiary/aromatic N) is 2. The number of halogens is 2. The molecule has 1 aliphatic heterocycles. The molecule has 1 aromatic carbocycles. The second-order valence-electron chi connectivity index (χ2n) is 9.03. The molecule has 1 amide bonds. The molecule has 8 heteroatoms. The van der Waals surface area contributed by atoms with E-state index in [1.54, 1.807) is 6.07 Å². The molecule has 2 bridgehead atoms. The molecule has 1 aromatic rings. The Morgan fingerprint density at radius 1 is 1.31 bits per heavy atom. The molecule has 0 radical (unpaired) electrons. The highest BCUT2D eigenvalue weighted by Crippen LogP contribution is 2.52. The van der Waals surface area contributed by atoms with Gasteiger partial charge in [-0.1, -0.05) is 25.9 Å². The zero-order chi connectivity index (χ0) is 21.2. The number of hydrogen-bond acceptors (Lipinski definition) is 5. The van der Waals surface area contributed by atoms with Crippen LogP contribution in [0.4, 0.5) is 8.78 Å². The highest BCUT2D eigenvalue weighted by Gasteiger charge is 2.50. The Morgan fingerprint density at radius 2 is 2.07 bits per heavy atom. The average molecular weight is 410 g/mol. The zero-order valence-electron chi connectivity index (χ0n) is 17.3. The molecule has 2 unspecified atom stereocenters. The van der Waals surface area contributed by atoms with Gasteiger partial charge in [-0.2, -0.15) is 8.78 Å². The Labute approximate surface area is 169 Å². The van der Waals surface area contributed by atoms with Gasteiger partial charge in [0.25, 0.3) is 5.91 Å². The van der Waals surface area contributed by atoms with Crippen LogP contribution in [0.1, 0.15) is 45.6 Å². The van der Waals surface area contributed by atoms with Gasteiger partial charge in [-0.15, -0.1) is 0 Å². The Morgan fingerprint density at radius 3 is 2.76 bits per heavy atom. The summed E-state index contributed by atoms with van der Waals surface area (Å²) in [6.07, 6.45) is 4.56. The summed E-state index contributed by atoms with van der Waals surface area (Å²) in [7, 11) is 1.36. The number of alkyl halides is 2. The number of ether oxygens (including phenoxy) is 2. The van der Waals surface area contributed by atoms with Gasteiger partial charge in [-0.05, 0) is 48.3 Å². The molecule has 1 saturated heterocycles. The van der Waals surface area contributed by atoms with Crippen molar-refractivity contribution in [2.24, 2.45) is 16.0 Å². The minimum Gasteiger partial charge on any atom is -0.493 e. The summed E-state index contributed by atoms with van der Waals surface area (Å²) in [5.41, 5.74) is 0.983. The third-order valence-electron chi connectivity index (χ3n) is 5.60. The van der Waals surface area contributed by atoms with E-state index in [1.165, 1.54) is 25.5 Å². The van der Waals surface area contributed by atoms with Crippen molar-refractivity contribution in [1.29, 1.82) is 0 Å². The average Bonchev–Trinajstić information content (AvgIpc) is 2.88. The Balaban J connectivity index is 1.55. The summed E-state index contributed by atoms with van der Waals surface area (Å²) in [6.45, 7) is 4.47. The second kappa shape index (κ2) is 8.16. The summed E-state index contributed by atoms with van der Waals surface area (Å²) < 4.78 is 34.2. The lowest BCUT2D eigenvalue weighted by molar-refractivity contribution is -0.137. The maximum atomic E-state index is 12.6. The molecule has 2 fully saturated rings. The van der Waals surface area contributed by atoms with Crippen LogP contribution in [0.3, 0.4) is 0 Å². The van der Waals surface area contributed by atoms with E-state index in [0.29, 0.717) is 5.56 Å². The van der Waals surface area contributed by atoms with Crippen molar-refractivity contribution in [2.45, 2.75) is 52.7 Å². The quantitative estimate of drug-likeness (QED) is 0.502. The number of hydrogen-bond donors (Lipinski definition) is 0. The fourth-order valence-electron chi connectivity index (χ4n) is 4.98. The number of methoxy groups -OCH3 is 1. The van der Waals surface area contributed by atoms with E-state index >= 15 is 0 Å². The second-order valence-corrected chi connectivity index (χ2v) is 9.03. The van der Waals surface area contributed by atoms with Gasteiger partial charge in [0.1, 0.15) is 0 Å². The van der Waals surface area contributed by atoms with Gasteiger partial charge in [0.05, 0.1) is 13.3 Å². The SMILES string of the molecule is COc1cc(/C=N/OCC(=O)N2CC3(C)CC2CC(C)(C)C3)ccc1OC(F)F. The van der Waals surface area contributed by atoms with Gasteiger partial charge in [-0.25, -0.2) is 0 Å². The summed E-state index contributed by atoms with van der Waals surface area (Å²) in [5, 5.41) is 3.83. The number of rotatable bonds is 7. The summed E-state index contributed by atoms with van der Waals surface area (Å²) in [5.74, 6) is 0.0321. The topological polar surface area (TPSA) is 60.4 Å². The largest absolute Gasteiger partial charge is 0.493 e. The lowest BCUT2D eigenvalue weighted by Crippen LogP contribution is -2.39. The van der Waals surface area contributed by atoms with Crippen molar-refractivity contribution in [3.63, 3.8) is 0 Å². The number of carbonyl (C=O) groups excluding carboxylic acids is 1. The number of fused-ring (bicyclic) bond motifs is 2. The predicted molar refractivity (Wildman–Crippen MR) is 104 cm³/mol. The summed E-state index contributed by atoms with van der Waals surface area (Å²) in [6, 6.07) is 4.67. The van der Waals surface area contributed by atoms with Crippen LogP contribution >= 0.6 is 0 Å². The number of likely N-dealkylation sites (tertiary alicyclic amines) is 1. The normalized spacial score (nSPS) is 25.5. The van der Waals surface area contributed by atoms with E-state index in [4.69, 9.17) is 9.57 Å². The third-order valence-corrected chi connectivity index (χ3v) is 5.60. The first-order chi connectivity index (χ1) is 13.6. The van der Waals surface area contributed by atoms with E-state index in [2.05, 4.69) is 30.7 Å². The van der Waals surface area contributed by atoms with Crippen LogP contribution in [0.5, 0.6) is 11.5 Å². The monoisotopic (exact) mass is 410 g/mol. The molecule has 2 aliphatic rings. The van der Waals surface area contributed by atoms with Crippen LogP contribution < -0.4 is 9.47 Å². The van der Waals surface area contributed by atoms with Crippen LogP contribution in [-0.2, 0) is 9.63 Å². The van der Waals surface area contributed by atoms with Crippen molar-refractivity contribution in [3.8, 4) is 11.5 Å². The van der Waals surface area contributed by atoms with Gasteiger partial charge < -0.3 is 19.2 Å². The van der Waals surface area contributed by atoms with Crippen LogP contribution in [0, 0.1) is 10.8 Å². The number of oxime groups is 1. The van der Waals surface area contributed by atoms with E-state index in [-0.39, 0.29) is 40.9 Å². The van der Waals surface area contributed by atoms with Gasteiger partial charge >= 0.3 is 6.61 Å². The molecular weight excluding hydrogens is 382 g/mol. The molecule has 160 valence electrons. The fraction of sp³-hybridized carbons (Fsp3) is 0.619. The van der Waals surface area contributed by atoms with E-state index < -0.39 is 6.61 Å². The molecular formula is C21H28F2N2O4. The smallest absolute Gasteiger partial charge is 0.387 e. The molecule has 1 aliphatic carbocycles. The molecule has 1 saturated carbocycles. The van der Waals surface area contributed by atoms with Gasteiger partial charge in [-0.3, -0.25) is 4.79 Å². The standard InChI is InChI=1S/C21H28F2N2O4/c1-20(2)8-15-9-21(3,12-20)13-25(15)18(26)11-28-24-10-14-5-6-16(29-19(22)23)17(7-14)27-4/h5-7,10,15,19H,8-9,11-13H2,1-4H3/b24-10+. The minimum atomic E-state index is -2.93. The molecule has 0 spiro atoms. The van der Waals surface area contributed by atoms with Crippen molar-refractivity contribution < 1.29 is 27.9 Å². The summed E-state index contributed by atoms with van der Waals surface area (Å²) in [4.78, 5) is 19.8. The van der Waals surface area contributed by atoms with Gasteiger partial charge in [0, 0.05) is 18.2 Å². The van der Waals surface area contributed by atoms with Crippen LogP contribution in [-0.4, -0.2) is 49.9 Å². The Hall–Kier alpha value is -2.38. The number of benzene rings is 1. The molecule has 3 rings (SSSR count). The molecule has 0 aromatic heterocycles. The van der Waals surface area contributed by atoms with E-state index in [0.717, 1.165) is 25.8 Å². The highest BCUT2D eigenvalue weighted by molar-refractivity contribution is 5.81.